The number of fused-ring (bicyclic) bond motifs is 1. The normalized spacial score (nSPS) is 11.1. The Hall–Kier alpha value is -2.02. The van der Waals surface area contributed by atoms with Crippen molar-refractivity contribution in [2.75, 3.05) is 0 Å². The molecule has 1 N–H and O–H groups in total. The lowest BCUT2D eigenvalue weighted by Crippen LogP contribution is -1.91. The summed E-state index contributed by atoms with van der Waals surface area (Å²) in [6, 6.07) is 3.55. The van der Waals surface area contributed by atoms with Crippen LogP contribution in [0, 0.1) is 11.6 Å². The number of nitrogens with one attached hydrogen (secondary N) is 1. The first-order chi connectivity index (χ1) is 9.24. The molecule has 0 saturated heterocycles. The summed E-state index contributed by atoms with van der Waals surface area (Å²) in [4.78, 5) is 15.1. The number of rotatable bonds is 3. The topological polar surface area (TPSA) is 54.5 Å². The van der Waals surface area contributed by atoms with E-state index in [2.05, 4.69) is 19.9 Å². The predicted molar refractivity (Wildman–Crippen MR) is 67.6 cm³/mol. The highest BCUT2D eigenvalue weighted by Gasteiger charge is 2.09. The van der Waals surface area contributed by atoms with Crippen molar-refractivity contribution in [3.05, 3.63) is 48.1 Å². The molecule has 0 fully saturated rings. The highest BCUT2D eigenvalue weighted by molar-refractivity contribution is 7.98. The third-order valence-corrected chi connectivity index (χ3v) is 3.61. The van der Waals surface area contributed by atoms with Crippen LogP contribution in [0.4, 0.5) is 8.78 Å². The van der Waals surface area contributed by atoms with Crippen LogP contribution in [0.1, 0.15) is 5.56 Å². The maximum Gasteiger partial charge on any atom is 0.181 e. The quantitative estimate of drug-likeness (QED) is 0.591. The summed E-state index contributed by atoms with van der Waals surface area (Å²) in [5.41, 5.74) is 1.71. The molecule has 0 unspecified atom stereocenters. The zero-order valence-corrected chi connectivity index (χ0v) is 10.4. The van der Waals surface area contributed by atoms with Crippen molar-refractivity contribution in [2.24, 2.45) is 0 Å². The second-order valence-corrected chi connectivity index (χ2v) is 4.77. The zero-order chi connectivity index (χ0) is 13.2. The fraction of sp³-hybridized carbons (Fsp3) is 0.0833. The molecule has 0 aliphatic carbocycles. The van der Waals surface area contributed by atoms with Gasteiger partial charge < -0.3 is 4.98 Å². The van der Waals surface area contributed by atoms with Gasteiger partial charge in [0.15, 0.2) is 5.65 Å². The van der Waals surface area contributed by atoms with Crippen molar-refractivity contribution in [3.63, 3.8) is 0 Å². The monoisotopic (exact) mass is 278 g/mol. The van der Waals surface area contributed by atoms with Crippen LogP contribution in [0.25, 0.3) is 11.2 Å². The highest BCUT2D eigenvalue weighted by atomic mass is 32.2. The lowest BCUT2D eigenvalue weighted by Gasteiger charge is -2.03. The van der Waals surface area contributed by atoms with E-state index in [1.165, 1.54) is 36.5 Å². The average Bonchev–Trinajstić information content (AvgIpc) is 2.86. The Morgan fingerprint density at radius 3 is 2.89 bits per heavy atom. The van der Waals surface area contributed by atoms with Crippen molar-refractivity contribution in [3.8, 4) is 0 Å². The molecule has 0 aliphatic heterocycles. The molecule has 1 aromatic carbocycles. The maximum absolute atomic E-state index is 13.5. The first-order valence-corrected chi connectivity index (χ1v) is 6.43. The van der Waals surface area contributed by atoms with Crippen LogP contribution in [0.5, 0.6) is 0 Å². The Bertz CT molecular complexity index is 729. The van der Waals surface area contributed by atoms with Crippen LogP contribution in [-0.4, -0.2) is 19.9 Å². The highest BCUT2D eigenvalue weighted by Crippen LogP contribution is 2.26. The van der Waals surface area contributed by atoms with Gasteiger partial charge in [0.25, 0.3) is 0 Å². The summed E-state index contributed by atoms with van der Waals surface area (Å²) in [6.07, 6.45) is 2.94. The number of aromatic amines is 1. The molecule has 96 valence electrons. The number of benzene rings is 1. The standard InChI is InChI=1S/C12H8F2N4S/c13-8-2-1-7(9(14)3-8)4-19-12-10-11(16-5-15-10)17-6-18-12/h1-3,5-6H,4H2,(H,15,16,17,18). The molecule has 2 heterocycles. The van der Waals surface area contributed by atoms with Crippen LogP contribution < -0.4 is 0 Å². The number of thioether (sulfide) groups is 1. The summed E-state index contributed by atoms with van der Waals surface area (Å²) in [5, 5.41) is 0.686. The van der Waals surface area contributed by atoms with E-state index in [0.29, 0.717) is 22.0 Å². The van der Waals surface area contributed by atoms with Gasteiger partial charge in [0.1, 0.15) is 28.5 Å². The van der Waals surface area contributed by atoms with Crippen LogP contribution in [0.2, 0.25) is 0 Å². The first-order valence-electron chi connectivity index (χ1n) is 5.45. The van der Waals surface area contributed by atoms with Crippen molar-refractivity contribution in [2.45, 2.75) is 10.8 Å². The lowest BCUT2D eigenvalue weighted by molar-refractivity contribution is 0.576. The minimum atomic E-state index is -0.579. The fourth-order valence-corrected chi connectivity index (χ4v) is 2.58. The molecule has 2 aromatic heterocycles. The molecule has 0 bridgehead atoms. The molecule has 0 aliphatic rings. The van der Waals surface area contributed by atoms with Crippen molar-refractivity contribution < 1.29 is 8.78 Å². The Kier molecular flexibility index (Phi) is 3.12. The molecule has 7 heteroatoms. The summed E-state index contributed by atoms with van der Waals surface area (Å²) in [7, 11) is 0. The molecule has 4 nitrogen and oxygen atoms in total. The number of halogens is 2. The Balaban J connectivity index is 1.84. The van der Waals surface area contributed by atoms with Crippen molar-refractivity contribution in [1.82, 2.24) is 19.9 Å². The maximum atomic E-state index is 13.5. The van der Waals surface area contributed by atoms with Crippen LogP contribution in [0.3, 0.4) is 0 Å². The molecular formula is C12H8F2N4S. The number of hydrogen-bond donors (Lipinski definition) is 1. The number of nitrogens with zero attached hydrogens (tertiary/aromatic N) is 3. The summed E-state index contributed by atoms with van der Waals surface area (Å²) >= 11 is 1.34. The van der Waals surface area contributed by atoms with Gasteiger partial charge in [-0.15, -0.1) is 0 Å². The molecule has 0 radical (unpaired) electrons. The molecule has 0 atom stereocenters. The van der Waals surface area contributed by atoms with Gasteiger partial charge >= 0.3 is 0 Å². The van der Waals surface area contributed by atoms with Crippen LogP contribution >= 0.6 is 11.8 Å². The first kappa shape index (κ1) is 12.0. The van der Waals surface area contributed by atoms with E-state index in [1.54, 1.807) is 0 Å². The third kappa shape index (κ3) is 2.41. The Morgan fingerprint density at radius 2 is 2.05 bits per heavy atom. The number of aromatic nitrogens is 4. The second-order valence-electron chi connectivity index (χ2n) is 3.80. The van der Waals surface area contributed by atoms with E-state index in [9.17, 15) is 8.78 Å². The van der Waals surface area contributed by atoms with Crippen molar-refractivity contribution >= 4 is 22.9 Å². The van der Waals surface area contributed by atoms with Crippen LogP contribution in [-0.2, 0) is 5.75 Å². The smallest absolute Gasteiger partial charge is 0.181 e. The summed E-state index contributed by atoms with van der Waals surface area (Å²) in [6.45, 7) is 0. The average molecular weight is 278 g/mol. The van der Waals surface area contributed by atoms with Gasteiger partial charge in [-0.1, -0.05) is 17.8 Å². The summed E-state index contributed by atoms with van der Waals surface area (Å²) < 4.78 is 26.3. The Morgan fingerprint density at radius 1 is 1.16 bits per heavy atom. The molecule has 0 saturated carbocycles. The van der Waals surface area contributed by atoms with Gasteiger partial charge in [-0.25, -0.2) is 23.7 Å². The molecule has 0 spiro atoms. The van der Waals surface area contributed by atoms with Gasteiger partial charge in [-0.3, -0.25) is 0 Å². The number of hydrogen-bond acceptors (Lipinski definition) is 4. The molecular weight excluding hydrogens is 270 g/mol. The van der Waals surface area contributed by atoms with E-state index in [4.69, 9.17) is 0 Å². The van der Waals surface area contributed by atoms with Gasteiger partial charge in [-0.05, 0) is 11.6 Å². The third-order valence-electron chi connectivity index (χ3n) is 2.57. The van der Waals surface area contributed by atoms with Gasteiger partial charge in [0.2, 0.25) is 0 Å². The fourth-order valence-electron chi connectivity index (χ4n) is 1.64. The largest absolute Gasteiger partial charge is 0.341 e. The molecule has 3 rings (SSSR count). The van der Waals surface area contributed by atoms with E-state index in [0.717, 1.165) is 11.6 Å². The van der Waals surface area contributed by atoms with E-state index in [1.807, 2.05) is 0 Å². The minimum Gasteiger partial charge on any atom is -0.341 e. The van der Waals surface area contributed by atoms with Crippen LogP contribution in [0.15, 0.2) is 35.9 Å². The molecule has 3 aromatic rings. The molecule has 0 amide bonds. The summed E-state index contributed by atoms with van der Waals surface area (Å²) in [5.74, 6) is -0.774. The predicted octanol–water partition coefficient (Wildman–Crippen LogP) is 2.92. The second kappa shape index (κ2) is 4.93. The number of imidazole rings is 1. The molecule has 19 heavy (non-hydrogen) atoms. The minimum absolute atomic E-state index is 0.358. The zero-order valence-electron chi connectivity index (χ0n) is 9.60. The Labute approximate surface area is 111 Å². The van der Waals surface area contributed by atoms with Gasteiger partial charge in [0.05, 0.1) is 6.33 Å². The van der Waals surface area contributed by atoms with Gasteiger partial charge in [-0.2, -0.15) is 0 Å². The van der Waals surface area contributed by atoms with Crippen molar-refractivity contribution in [1.29, 1.82) is 0 Å². The SMILES string of the molecule is Fc1ccc(CSc2ncnc3nc[nH]c23)c(F)c1. The number of H-pyrrole nitrogens is 1. The van der Waals surface area contributed by atoms with E-state index in [-0.39, 0.29) is 0 Å². The van der Waals surface area contributed by atoms with E-state index < -0.39 is 11.6 Å². The van der Waals surface area contributed by atoms with Gasteiger partial charge in [0, 0.05) is 11.8 Å². The lowest BCUT2D eigenvalue weighted by atomic mass is 10.2. The van der Waals surface area contributed by atoms with E-state index >= 15 is 0 Å².